The van der Waals surface area contributed by atoms with Crippen molar-refractivity contribution in [1.29, 1.82) is 0 Å². The summed E-state index contributed by atoms with van der Waals surface area (Å²) in [6, 6.07) is 6.00. The largest absolute Gasteiger partial charge is 0.477 e. The van der Waals surface area contributed by atoms with Crippen LogP contribution in [0.2, 0.25) is 0 Å². The number of aryl methyl sites for hydroxylation is 1. The fourth-order valence-corrected chi connectivity index (χ4v) is 2.84. The van der Waals surface area contributed by atoms with E-state index in [-0.39, 0.29) is 6.04 Å². The van der Waals surface area contributed by atoms with Crippen LogP contribution in [0.1, 0.15) is 45.3 Å². The molecule has 3 aromatic heterocycles. The van der Waals surface area contributed by atoms with Crippen LogP contribution in [-0.4, -0.2) is 26.4 Å². The van der Waals surface area contributed by atoms with Crippen LogP contribution < -0.4 is 10.5 Å². The second kappa shape index (κ2) is 7.09. The molecule has 1 unspecified atom stereocenters. The van der Waals surface area contributed by atoms with Gasteiger partial charge in [0.15, 0.2) is 0 Å². The molecule has 3 rings (SSSR count). The maximum absolute atomic E-state index is 6.39. The minimum absolute atomic E-state index is 0.271. The van der Waals surface area contributed by atoms with Gasteiger partial charge in [-0.15, -0.1) is 0 Å². The van der Waals surface area contributed by atoms with Gasteiger partial charge in [-0.2, -0.15) is 5.10 Å². The maximum Gasteiger partial charge on any atom is 0.222 e. The molecule has 0 aromatic carbocycles. The van der Waals surface area contributed by atoms with Gasteiger partial charge in [0.2, 0.25) is 5.88 Å². The number of nitrogen functional groups attached to an aromatic ring is 1. The molecule has 0 aliphatic rings. The zero-order valence-electron chi connectivity index (χ0n) is 15.3. The van der Waals surface area contributed by atoms with Gasteiger partial charge < -0.3 is 10.5 Å². The van der Waals surface area contributed by atoms with E-state index in [1.54, 1.807) is 6.20 Å². The fraction of sp³-hybridized carbons (Fsp3) is 0.421. The number of rotatable bonds is 6. The first-order valence-electron chi connectivity index (χ1n) is 8.80. The molecule has 132 valence electrons. The summed E-state index contributed by atoms with van der Waals surface area (Å²) in [7, 11) is 0. The van der Waals surface area contributed by atoms with Crippen LogP contribution in [0.15, 0.2) is 24.4 Å². The predicted molar refractivity (Wildman–Crippen MR) is 101 cm³/mol. The standard InChI is InChI=1S/C19H25N5O/c1-5-10-25-19-14(8-7-9-21-19)16-11-15(20)18-17(22-16)13(4)23-24(18)12(3)6-2/h7-9,11-12H,5-6,10H2,1-4H3,(H2,20,22). The van der Waals surface area contributed by atoms with Gasteiger partial charge in [-0.3, -0.25) is 4.68 Å². The summed E-state index contributed by atoms with van der Waals surface area (Å²) in [5.41, 5.74) is 11.3. The molecule has 2 N–H and O–H groups in total. The number of nitrogens with two attached hydrogens (primary N) is 1. The molecule has 0 saturated carbocycles. The van der Waals surface area contributed by atoms with E-state index < -0.39 is 0 Å². The van der Waals surface area contributed by atoms with Crippen molar-refractivity contribution in [3.63, 3.8) is 0 Å². The monoisotopic (exact) mass is 339 g/mol. The van der Waals surface area contributed by atoms with Crippen LogP contribution in [-0.2, 0) is 0 Å². The number of anilines is 1. The Kier molecular flexibility index (Phi) is 4.88. The van der Waals surface area contributed by atoms with Gasteiger partial charge in [-0.1, -0.05) is 13.8 Å². The molecule has 25 heavy (non-hydrogen) atoms. The molecule has 3 heterocycles. The maximum atomic E-state index is 6.39. The van der Waals surface area contributed by atoms with Crippen LogP contribution in [0.4, 0.5) is 5.69 Å². The van der Waals surface area contributed by atoms with E-state index in [1.165, 1.54) is 0 Å². The average molecular weight is 339 g/mol. The van der Waals surface area contributed by atoms with Crippen LogP contribution >= 0.6 is 0 Å². The Labute approximate surface area is 148 Å². The number of hydrogen-bond donors (Lipinski definition) is 1. The Balaban J connectivity index is 2.16. The van der Waals surface area contributed by atoms with Crippen LogP contribution in [0.3, 0.4) is 0 Å². The van der Waals surface area contributed by atoms with Crippen molar-refractivity contribution >= 4 is 16.7 Å². The lowest BCUT2D eigenvalue weighted by molar-refractivity contribution is 0.306. The third-order valence-corrected chi connectivity index (χ3v) is 4.35. The van der Waals surface area contributed by atoms with E-state index in [2.05, 4.69) is 30.9 Å². The van der Waals surface area contributed by atoms with Gasteiger partial charge in [0.1, 0.15) is 11.0 Å². The van der Waals surface area contributed by atoms with Crippen molar-refractivity contribution in [1.82, 2.24) is 19.7 Å². The lowest BCUT2D eigenvalue weighted by Gasteiger charge is -2.13. The number of ether oxygens (including phenoxy) is 1. The van der Waals surface area contributed by atoms with Gasteiger partial charge in [0.25, 0.3) is 0 Å². The van der Waals surface area contributed by atoms with Crippen molar-refractivity contribution in [2.45, 2.75) is 46.6 Å². The Bertz CT molecular complexity index is 887. The molecule has 6 nitrogen and oxygen atoms in total. The fourth-order valence-electron chi connectivity index (χ4n) is 2.84. The Morgan fingerprint density at radius 3 is 2.84 bits per heavy atom. The molecule has 6 heteroatoms. The first-order valence-corrected chi connectivity index (χ1v) is 8.80. The minimum Gasteiger partial charge on any atom is -0.477 e. The molecule has 0 aliphatic heterocycles. The third-order valence-electron chi connectivity index (χ3n) is 4.35. The average Bonchev–Trinajstić information content (AvgIpc) is 2.97. The molecular formula is C19H25N5O. The van der Waals surface area contributed by atoms with E-state index in [1.807, 2.05) is 29.8 Å². The van der Waals surface area contributed by atoms with E-state index in [4.69, 9.17) is 15.5 Å². The number of pyridine rings is 2. The number of fused-ring (bicyclic) bond motifs is 1. The second-order valence-electron chi connectivity index (χ2n) is 6.29. The lowest BCUT2D eigenvalue weighted by Crippen LogP contribution is -2.07. The van der Waals surface area contributed by atoms with Crippen molar-refractivity contribution in [2.24, 2.45) is 0 Å². The van der Waals surface area contributed by atoms with Crippen LogP contribution in [0, 0.1) is 6.92 Å². The van der Waals surface area contributed by atoms with Crippen molar-refractivity contribution < 1.29 is 4.74 Å². The van der Waals surface area contributed by atoms with Gasteiger partial charge in [-0.25, -0.2) is 9.97 Å². The normalized spacial score (nSPS) is 12.5. The van der Waals surface area contributed by atoms with E-state index in [9.17, 15) is 0 Å². The van der Waals surface area contributed by atoms with E-state index in [0.717, 1.165) is 40.8 Å². The lowest BCUT2D eigenvalue weighted by atomic mass is 10.1. The molecule has 0 aliphatic carbocycles. The van der Waals surface area contributed by atoms with E-state index in [0.29, 0.717) is 18.2 Å². The highest BCUT2D eigenvalue weighted by atomic mass is 16.5. The molecule has 0 fully saturated rings. The smallest absolute Gasteiger partial charge is 0.222 e. The Hall–Kier alpha value is -2.63. The van der Waals surface area contributed by atoms with Gasteiger partial charge in [-0.05, 0) is 44.9 Å². The summed E-state index contributed by atoms with van der Waals surface area (Å²) in [5, 5.41) is 4.66. The summed E-state index contributed by atoms with van der Waals surface area (Å²) in [6.07, 6.45) is 3.63. The zero-order valence-corrected chi connectivity index (χ0v) is 15.3. The highest BCUT2D eigenvalue weighted by molar-refractivity contribution is 5.91. The summed E-state index contributed by atoms with van der Waals surface area (Å²) >= 11 is 0. The molecule has 3 aromatic rings. The van der Waals surface area contributed by atoms with Crippen molar-refractivity contribution in [2.75, 3.05) is 12.3 Å². The highest BCUT2D eigenvalue weighted by Crippen LogP contribution is 2.33. The third kappa shape index (κ3) is 3.16. The van der Waals surface area contributed by atoms with Crippen molar-refractivity contribution in [3.05, 3.63) is 30.1 Å². The number of hydrogen-bond acceptors (Lipinski definition) is 5. The van der Waals surface area contributed by atoms with Crippen molar-refractivity contribution in [3.8, 4) is 17.1 Å². The summed E-state index contributed by atoms with van der Waals surface area (Å²) < 4.78 is 7.75. The Morgan fingerprint density at radius 2 is 2.12 bits per heavy atom. The molecule has 1 atom stereocenters. The summed E-state index contributed by atoms with van der Waals surface area (Å²) in [6.45, 7) is 8.93. The summed E-state index contributed by atoms with van der Waals surface area (Å²) in [5.74, 6) is 0.586. The SMILES string of the molecule is CCCOc1ncccc1-c1cc(N)c2c(n1)c(C)nn2C(C)CC. The quantitative estimate of drug-likeness (QED) is 0.730. The predicted octanol–water partition coefficient (Wildman–Crippen LogP) is 4.14. The van der Waals surface area contributed by atoms with Crippen LogP contribution in [0.5, 0.6) is 5.88 Å². The summed E-state index contributed by atoms with van der Waals surface area (Å²) in [4.78, 5) is 9.18. The zero-order chi connectivity index (χ0) is 18.0. The molecule has 0 radical (unpaired) electrons. The Morgan fingerprint density at radius 1 is 1.32 bits per heavy atom. The minimum atomic E-state index is 0.271. The molecular weight excluding hydrogens is 314 g/mol. The molecule has 0 saturated heterocycles. The van der Waals surface area contributed by atoms with Gasteiger partial charge in [0.05, 0.1) is 29.2 Å². The second-order valence-corrected chi connectivity index (χ2v) is 6.29. The molecule has 0 bridgehead atoms. The number of aromatic nitrogens is 4. The van der Waals surface area contributed by atoms with Crippen LogP contribution in [0.25, 0.3) is 22.3 Å². The van der Waals surface area contributed by atoms with E-state index >= 15 is 0 Å². The topological polar surface area (TPSA) is 78.8 Å². The van der Waals surface area contributed by atoms with Gasteiger partial charge >= 0.3 is 0 Å². The number of nitrogens with zero attached hydrogens (tertiary/aromatic N) is 4. The first kappa shape index (κ1) is 17.2. The first-order chi connectivity index (χ1) is 12.1. The van der Waals surface area contributed by atoms with Gasteiger partial charge in [0, 0.05) is 12.2 Å². The highest BCUT2D eigenvalue weighted by Gasteiger charge is 2.18. The molecule has 0 amide bonds. The molecule has 0 spiro atoms.